The van der Waals surface area contributed by atoms with E-state index < -0.39 is 0 Å². The van der Waals surface area contributed by atoms with Crippen molar-refractivity contribution < 1.29 is 5.21 Å². The standard InChI is InChI=1S/C9H19N3O/c1-3-8(9(10)12-13)11-5-7-4-6(7)2/h6-8,11,13H,3-5H2,1-2H3,(H2,10,12). The quantitative estimate of drug-likeness (QED) is 0.256. The molecule has 1 aliphatic carbocycles. The van der Waals surface area contributed by atoms with Crippen LogP contribution in [-0.2, 0) is 0 Å². The molecule has 0 heterocycles. The average molecular weight is 185 g/mol. The highest BCUT2D eigenvalue weighted by atomic mass is 16.4. The molecule has 1 saturated carbocycles. The lowest BCUT2D eigenvalue weighted by Crippen LogP contribution is -2.41. The van der Waals surface area contributed by atoms with Gasteiger partial charge in [0.05, 0.1) is 6.04 Å². The lowest BCUT2D eigenvalue weighted by atomic mass is 10.2. The van der Waals surface area contributed by atoms with Crippen LogP contribution in [0.4, 0.5) is 0 Å². The molecule has 0 aromatic heterocycles. The molecule has 0 aromatic rings. The first kappa shape index (κ1) is 10.3. The van der Waals surface area contributed by atoms with Gasteiger partial charge in [0.1, 0.15) is 0 Å². The summed E-state index contributed by atoms with van der Waals surface area (Å²) in [7, 11) is 0. The maximum absolute atomic E-state index is 8.49. The summed E-state index contributed by atoms with van der Waals surface area (Å²) < 4.78 is 0. The maximum Gasteiger partial charge on any atom is 0.156 e. The normalized spacial score (nSPS) is 30.2. The maximum atomic E-state index is 8.49. The molecular formula is C9H19N3O. The van der Waals surface area contributed by atoms with Crippen LogP contribution in [-0.4, -0.2) is 23.6 Å². The third kappa shape index (κ3) is 2.88. The van der Waals surface area contributed by atoms with Crippen LogP contribution in [0.2, 0.25) is 0 Å². The molecule has 0 aromatic carbocycles. The van der Waals surface area contributed by atoms with E-state index in [2.05, 4.69) is 17.4 Å². The third-order valence-corrected chi connectivity index (χ3v) is 2.78. The Kier molecular flexibility index (Phi) is 3.54. The summed E-state index contributed by atoms with van der Waals surface area (Å²) in [4.78, 5) is 0. The largest absolute Gasteiger partial charge is 0.409 e. The topological polar surface area (TPSA) is 70.6 Å². The van der Waals surface area contributed by atoms with Crippen LogP contribution >= 0.6 is 0 Å². The summed E-state index contributed by atoms with van der Waals surface area (Å²) in [5, 5.41) is 14.8. The number of amidine groups is 1. The van der Waals surface area contributed by atoms with Crippen molar-refractivity contribution in [3.8, 4) is 0 Å². The number of nitrogens with two attached hydrogens (primary N) is 1. The first-order valence-electron chi connectivity index (χ1n) is 4.89. The minimum absolute atomic E-state index is 0.0257. The Labute approximate surface area is 79.2 Å². The molecule has 0 saturated heterocycles. The van der Waals surface area contributed by atoms with Crippen molar-refractivity contribution in [1.82, 2.24) is 5.32 Å². The van der Waals surface area contributed by atoms with E-state index in [1.165, 1.54) is 6.42 Å². The van der Waals surface area contributed by atoms with E-state index in [9.17, 15) is 0 Å². The van der Waals surface area contributed by atoms with Gasteiger partial charge in [-0.2, -0.15) is 0 Å². The van der Waals surface area contributed by atoms with Crippen molar-refractivity contribution in [1.29, 1.82) is 0 Å². The van der Waals surface area contributed by atoms with Gasteiger partial charge in [0.25, 0.3) is 0 Å². The Balaban J connectivity index is 2.23. The van der Waals surface area contributed by atoms with Gasteiger partial charge in [-0.1, -0.05) is 19.0 Å². The van der Waals surface area contributed by atoms with Gasteiger partial charge >= 0.3 is 0 Å². The fourth-order valence-corrected chi connectivity index (χ4v) is 1.50. The predicted molar refractivity (Wildman–Crippen MR) is 52.8 cm³/mol. The highest BCUT2D eigenvalue weighted by molar-refractivity contribution is 5.85. The summed E-state index contributed by atoms with van der Waals surface area (Å²) in [6.07, 6.45) is 2.16. The summed E-state index contributed by atoms with van der Waals surface area (Å²) in [6, 6.07) is 0.0257. The van der Waals surface area contributed by atoms with Gasteiger partial charge < -0.3 is 16.3 Å². The number of oxime groups is 1. The van der Waals surface area contributed by atoms with Gasteiger partial charge in [-0.15, -0.1) is 0 Å². The molecule has 1 fully saturated rings. The van der Waals surface area contributed by atoms with Crippen LogP contribution in [0.25, 0.3) is 0 Å². The Bertz CT molecular complexity index is 193. The second-order valence-electron chi connectivity index (χ2n) is 3.87. The predicted octanol–water partition coefficient (Wildman–Crippen LogP) is 0.757. The van der Waals surface area contributed by atoms with Crippen LogP contribution in [0.3, 0.4) is 0 Å². The fourth-order valence-electron chi connectivity index (χ4n) is 1.50. The number of nitrogens with one attached hydrogen (secondary N) is 1. The summed E-state index contributed by atoms with van der Waals surface area (Å²) in [5.74, 6) is 1.92. The third-order valence-electron chi connectivity index (χ3n) is 2.78. The first-order chi connectivity index (χ1) is 6.19. The molecule has 4 heteroatoms. The van der Waals surface area contributed by atoms with Crippen LogP contribution < -0.4 is 11.1 Å². The van der Waals surface area contributed by atoms with Crippen LogP contribution in [0, 0.1) is 11.8 Å². The Morgan fingerprint density at radius 2 is 2.38 bits per heavy atom. The molecule has 4 nitrogen and oxygen atoms in total. The smallest absolute Gasteiger partial charge is 0.156 e. The molecule has 76 valence electrons. The van der Waals surface area contributed by atoms with Gasteiger partial charge in [-0.05, 0) is 31.2 Å². The molecule has 4 N–H and O–H groups in total. The van der Waals surface area contributed by atoms with E-state index in [-0.39, 0.29) is 11.9 Å². The molecule has 1 rings (SSSR count). The summed E-state index contributed by atoms with van der Waals surface area (Å²) in [6.45, 7) is 5.25. The van der Waals surface area contributed by atoms with Crippen molar-refractivity contribution in [2.45, 2.75) is 32.7 Å². The number of nitrogens with zero attached hydrogens (tertiary/aromatic N) is 1. The lowest BCUT2D eigenvalue weighted by molar-refractivity contribution is 0.314. The molecule has 3 atom stereocenters. The molecule has 0 spiro atoms. The SMILES string of the molecule is CCC(NCC1CC1C)C(N)=NO. The van der Waals surface area contributed by atoms with E-state index in [0.29, 0.717) is 0 Å². The number of rotatable bonds is 5. The average Bonchev–Trinajstić information content (AvgIpc) is 2.82. The van der Waals surface area contributed by atoms with Gasteiger partial charge in [0.15, 0.2) is 5.84 Å². The molecular weight excluding hydrogens is 166 g/mol. The monoisotopic (exact) mass is 185 g/mol. The van der Waals surface area contributed by atoms with E-state index in [1.54, 1.807) is 0 Å². The van der Waals surface area contributed by atoms with Crippen molar-refractivity contribution in [3.05, 3.63) is 0 Å². The summed E-state index contributed by atoms with van der Waals surface area (Å²) in [5.41, 5.74) is 5.51. The van der Waals surface area contributed by atoms with Crippen molar-refractivity contribution >= 4 is 5.84 Å². The molecule has 0 radical (unpaired) electrons. The van der Waals surface area contributed by atoms with Crippen LogP contribution in [0.5, 0.6) is 0 Å². The lowest BCUT2D eigenvalue weighted by Gasteiger charge is -2.14. The van der Waals surface area contributed by atoms with E-state index in [0.717, 1.165) is 24.8 Å². The Hall–Kier alpha value is -0.770. The fraction of sp³-hybridized carbons (Fsp3) is 0.889. The van der Waals surface area contributed by atoms with Gasteiger partial charge in [0.2, 0.25) is 0 Å². The molecule has 0 amide bonds. The van der Waals surface area contributed by atoms with Crippen molar-refractivity contribution in [2.75, 3.05) is 6.54 Å². The Morgan fingerprint density at radius 3 is 2.77 bits per heavy atom. The van der Waals surface area contributed by atoms with Gasteiger partial charge in [-0.25, -0.2) is 0 Å². The van der Waals surface area contributed by atoms with Crippen LogP contribution in [0.15, 0.2) is 5.16 Å². The second-order valence-corrected chi connectivity index (χ2v) is 3.87. The zero-order chi connectivity index (χ0) is 9.84. The highest BCUT2D eigenvalue weighted by Gasteiger charge is 2.32. The molecule has 3 unspecified atom stereocenters. The second kappa shape index (κ2) is 4.46. The number of hydrogen-bond acceptors (Lipinski definition) is 3. The van der Waals surface area contributed by atoms with E-state index >= 15 is 0 Å². The molecule has 0 bridgehead atoms. The van der Waals surface area contributed by atoms with Crippen molar-refractivity contribution in [3.63, 3.8) is 0 Å². The molecule has 13 heavy (non-hydrogen) atoms. The zero-order valence-electron chi connectivity index (χ0n) is 8.33. The Morgan fingerprint density at radius 1 is 1.77 bits per heavy atom. The highest BCUT2D eigenvalue weighted by Crippen LogP contribution is 2.36. The minimum atomic E-state index is 0.0257. The van der Waals surface area contributed by atoms with Gasteiger partial charge in [-0.3, -0.25) is 0 Å². The number of hydrogen-bond donors (Lipinski definition) is 3. The van der Waals surface area contributed by atoms with E-state index in [1.807, 2.05) is 6.92 Å². The minimum Gasteiger partial charge on any atom is -0.409 e. The molecule has 1 aliphatic rings. The summed E-state index contributed by atoms with van der Waals surface area (Å²) >= 11 is 0. The van der Waals surface area contributed by atoms with E-state index in [4.69, 9.17) is 10.9 Å². The zero-order valence-corrected chi connectivity index (χ0v) is 8.33. The first-order valence-corrected chi connectivity index (χ1v) is 4.89. The van der Waals surface area contributed by atoms with Crippen LogP contribution in [0.1, 0.15) is 26.7 Å². The van der Waals surface area contributed by atoms with Crippen molar-refractivity contribution in [2.24, 2.45) is 22.7 Å². The molecule has 0 aliphatic heterocycles. The van der Waals surface area contributed by atoms with Gasteiger partial charge in [0, 0.05) is 0 Å².